The number of nitrogens with zero attached hydrogens (tertiary/aromatic N) is 4. The highest BCUT2D eigenvalue weighted by Gasteiger charge is 2.26. The van der Waals surface area contributed by atoms with Crippen molar-refractivity contribution in [3.05, 3.63) is 40.3 Å². The zero-order valence-corrected chi connectivity index (χ0v) is 19.5. The van der Waals surface area contributed by atoms with E-state index in [-0.39, 0.29) is 6.61 Å². The van der Waals surface area contributed by atoms with Crippen LogP contribution in [0.1, 0.15) is 54.9 Å². The van der Waals surface area contributed by atoms with E-state index in [2.05, 4.69) is 49.3 Å². The number of fused-ring (bicyclic) bond motifs is 1. The Labute approximate surface area is 186 Å². The lowest BCUT2D eigenvalue weighted by Crippen LogP contribution is -2.35. The van der Waals surface area contributed by atoms with Crippen LogP contribution in [0.4, 0.5) is 5.82 Å². The molecule has 1 aliphatic rings. The number of aliphatic hydroxyl groups excluding tert-OH is 1. The molecule has 0 spiro atoms. The van der Waals surface area contributed by atoms with Gasteiger partial charge >= 0.3 is 0 Å². The molecule has 0 aliphatic carbocycles. The molecule has 1 saturated heterocycles. The second-order valence-corrected chi connectivity index (χ2v) is 8.85. The molecule has 1 aromatic carbocycles. The number of hydrogen-bond acceptors (Lipinski definition) is 4. The Kier molecular flexibility index (Phi) is 6.11. The van der Waals surface area contributed by atoms with Gasteiger partial charge in [0.1, 0.15) is 19.5 Å². The predicted octanol–water partition coefficient (Wildman–Crippen LogP) is 3.47. The van der Waals surface area contributed by atoms with Crippen molar-refractivity contribution in [3.8, 4) is 5.69 Å². The fourth-order valence-electron chi connectivity index (χ4n) is 4.99. The molecule has 0 unspecified atom stereocenters. The average Bonchev–Trinajstić information content (AvgIpc) is 3.02. The first-order valence-electron chi connectivity index (χ1n) is 11.5. The fraction of sp³-hybridized carbons (Fsp3) is 0.520. The molecule has 5 nitrogen and oxygen atoms in total. The number of aryl methyl sites for hydroxylation is 4. The van der Waals surface area contributed by atoms with Gasteiger partial charge in [0, 0.05) is 25.4 Å². The van der Waals surface area contributed by atoms with Crippen molar-refractivity contribution in [2.75, 3.05) is 24.6 Å². The van der Waals surface area contributed by atoms with Crippen LogP contribution in [0.2, 0.25) is 0 Å². The Morgan fingerprint density at radius 1 is 1.03 bits per heavy atom. The quantitative estimate of drug-likeness (QED) is 0.648. The summed E-state index contributed by atoms with van der Waals surface area (Å²) in [5, 5.41) is 10.7. The molecule has 4 rings (SSSR count). The lowest BCUT2D eigenvalue weighted by Gasteiger charge is -2.32. The molecule has 0 bridgehead atoms. The monoisotopic (exact) mass is 416 g/mol. The van der Waals surface area contributed by atoms with E-state index in [1.54, 1.807) is 0 Å². The van der Waals surface area contributed by atoms with Crippen LogP contribution < -0.4 is 10.4 Å². The van der Waals surface area contributed by atoms with Crippen LogP contribution in [-0.4, -0.2) is 47.2 Å². The molecule has 31 heavy (non-hydrogen) atoms. The van der Waals surface area contributed by atoms with Gasteiger partial charge in [-0.3, -0.25) is 4.57 Å². The Bertz CT molecular complexity index is 1090. The Morgan fingerprint density at radius 2 is 1.65 bits per heavy atom. The smallest absolute Gasteiger partial charge is 0.150 e. The molecule has 1 fully saturated rings. The zero-order valence-electron chi connectivity index (χ0n) is 19.5. The lowest BCUT2D eigenvalue weighted by molar-refractivity contribution is 0.203. The summed E-state index contributed by atoms with van der Waals surface area (Å²) in [7, 11) is 6.22. The summed E-state index contributed by atoms with van der Waals surface area (Å²) in [6.45, 7) is 12.8. The van der Waals surface area contributed by atoms with Gasteiger partial charge in [0.25, 0.3) is 0 Å². The first-order valence-corrected chi connectivity index (χ1v) is 11.5. The summed E-state index contributed by atoms with van der Waals surface area (Å²) in [6, 6.07) is 4.20. The highest BCUT2D eigenvalue weighted by Crippen LogP contribution is 2.36. The van der Waals surface area contributed by atoms with Crippen molar-refractivity contribution in [1.82, 2.24) is 14.5 Å². The molecule has 2 radical (unpaired) electrons. The number of aliphatic hydroxyl groups is 1. The molecule has 6 heteroatoms. The van der Waals surface area contributed by atoms with Gasteiger partial charge in [-0.05, 0) is 69.1 Å². The van der Waals surface area contributed by atoms with Crippen molar-refractivity contribution in [3.63, 3.8) is 0 Å². The van der Waals surface area contributed by atoms with Gasteiger partial charge in [0.2, 0.25) is 0 Å². The summed E-state index contributed by atoms with van der Waals surface area (Å²) in [4.78, 5) is 12.2. The standard InChI is InChI=1S/C25H33BN4O/c1-6-19-12-21(26)13-20(7-2)23(19)30-16(4)15(3)22-24(27-17(5)28-25(22)30)29-10-8-18(14-31)9-11-29/h12-13,18,31H,6-11,14H2,1-5H3. The van der Waals surface area contributed by atoms with Crippen LogP contribution in [0.25, 0.3) is 16.7 Å². The van der Waals surface area contributed by atoms with E-state index < -0.39 is 0 Å². The van der Waals surface area contributed by atoms with E-state index in [4.69, 9.17) is 17.8 Å². The summed E-state index contributed by atoms with van der Waals surface area (Å²) >= 11 is 0. The van der Waals surface area contributed by atoms with E-state index in [9.17, 15) is 5.11 Å². The van der Waals surface area contributed by atoms with Gasteiger partial charge in [0.05, 0.1) is 11.1 Å². The Morgan fingerprint density at radius 3 is 2.19 bits per heavy atom. The minimum atomic E-state index is 0.275. The van der Waals surface area contributed by atoms with Crippen LogP contribution in [0.5, 0.6) is 0 Å². The van der Waals surface area contributed by atoms with Crippen molar-refractivity contribution < 1.29 is 5.11 Å². The maximum Gasteiger partial charge on any atom is 0.150 e. The number of rotatable bonds is 5. The molecule has 3 heterocycles. The minimum Gasteiger partial charge on any atom is -0.396 e. The van der Waals surface area contributed by atoms with Crippen LogP contribution in [0.15, 0.2) is 12.1 Å². The summed E-state index contributed by atoms with van der Waals surface area (Å²) < 4.78 is 2.33. The first-order chi connectivity index (χ1) is 14.9. The van der Waals surface area contributed by atoms with Gasteiger partial charge in [-0.1, -0.05) is 31.4 Å². The van der Waals surface area contributed by atoms with E-state index >= 15 is 0 Å². The van der Waals surface area contributed by atoms with Gasteiger partial charge in [-0.25, -0.2) is 9.97 Å². The number of benzene rings is 1. The van der Waals surface area contributed by atoms with Crippen molar-refractivity contribution >= 4 is 30.2 Å². The molecule has 2 aromatic heterocycles. The molecular formula is C25H33BN4O. The number of piperidine rings is 1. The maximum absolute atomic E-state index is 9.54. The van der Waals surface area contributed by atoms with Gasteiger partial charge in [0.15, 0.2) is 5.65 Å². The summed E-state index contributed by atoms with van der Waals surface area (Å²) in [6.07, 6.45) is 3.82. The lowest BCUT2D eigenvalue weighted by atomic mass is 9.89. The minimum absolute atomic E-state index is 0.275. The Hall–Kier alpha value is -2.34. The van der Waals surface area contributed by atoms with E-state index in [1.807, 2.05) is 6.92 Å². The third-order valence-electron chi connectivity index (χ3n) is 6.90. The third kappa shape index (κ3) is 3.75. The summed E-state index contributed by atoms with van der Waals surface area (Å²) in [5.41, 5.74) is 7.96. The number of aromatic nitrogens is 3. The summed E-state index contributed by atoms with van der Waals surface area (Å²) in [5.74, 6) is 2.22. The van der Waals surface area contributed by atoms with Gasteiger partial charge < -0.3 is 10.0 Å². The molecule has 0 atom stereocenters. The van der Waals surface area contributed by atoms with Gasteiger partial charge in [-0.15, -0.1) is 0 Å². The normalized spacial score (nSPS) is 15.2. The third-order valence-corrected chi connectivity index (χ3v) is 6.90. The average molecular weight is 416 g/mol. The van der Waals surface area contributed by atoms with E-state index in [0.29, 0.717) is 5.92 Å². The van der Waals surface area contributed by atoms with E-state index in [0.717, 1.165) is 66.9 Å². The highest BCUT2D eigenvalue weighted by molar-refractivity contribution is 6.32. The van der Waals surface area contributed by atoms with Crippen LogP contribution >= 0.6 is 0 Å². The molecular weight excluding hydrogens is 383 g/mol. The second kappa shape index (κ2) is 8.66. The van der Waals surface area contributed by atoms with Crippen molar-refractivity contribution in [2.24, 2.45) is 5.92 Å². The van der Waals surface area contributed by atoms with Crippen molar-refractivity contribution in [1.29, 1.82) is 0 Å². The molecule has 0 saturated carbocycles. The predicted molar refractivity (Wildman–Crippen MR) is 129 cm³/mol. The SMILES string of the molecule is [B]c1cc(CC)c(-n2c(C)c(C)c3c(N4CCC(CO)CC4)nc(C)nc32)c(CC)c1. The topological polar surface area (TPSA) is 54.2 Å². The molecule has 162 valence electrons. The van der Waals surface area contributed by atoms with Crippen molar-refractivity contribution in [2.45, 2.75) is 60.3 Å². The molecule has 1 aliphatic heterocycles. The number of anilines is 1. The zero-order chi connectivity index (χ0) is 22.3. The molecule has 0 amide bonds. The largest absolute Gasteiger partial charge is 0.396 e. The number of hydrogen-bond donors (Lipinski definition) is 1. The van der Waals surface area contributed by atoms with Crippen LogP contribution in [0.3, 0.4) is 0 Å². The first kappa shape index (κ1) is 21.9. The molecule has 1 N–H and O–H groups in total. The second-order valence-electron chi connectivity index (χ2n) is 8.85. The fourth-order valence-corrected chi connectivity index (χ4v) is 4.99. The van der Waals surface area contributed by atoms with Crippen LogP contribution in [-0.2, 0) is 12.8 Å². The molecule has 3 aromatic rings. The van der Waals surface area contributed by atoms with Gasteiger partial charge in [-0.2, -0.15) is 0 Å². The maximum atomic E-state index is 9.54. The van der Waals surface area contributed by atoms with E-state index in [1.165, 1.54) is 28.1 Å². The van der Waals surface area contributed by atoms with Crippen LogP contribution in [0, 0.1) is 26.7 Å². The highest BCUT2D eigenvalue weighted by atomic mass is 16.3. The Balaban J connectivity index is 1.97.